The van der Waals surface area contributed by atoms with E-state index in [2.05, 4.69) is 6.58 Å². The Morgan fingerprint density at radius 2 is 2.38 bits per heavy atom. The second-order valence-corrected chi connectivity index (χ2v) is 4.36. The SMILES string of the molecule is C=C(C)C(O)Oc1ccc2sc(=O)oc2c1. The van der Waals surface area contributed by atoms with Gasteiger partial charge < -0.3 is 14.3 Å². The number of fused-ring (bicyclic) bond motifs is 1. The van der Waals surface area contributed by atoms with Crippen LogP contribution in [-0.4, -0.2) is 11.4 Å². The Bertz CT molecular complexity index is 581. The van der Waals surface area contributed by atoms with Crippen molar-refractivity contribution in [3.05, 3.63) is 40.1 Å². The summed E-state index contributed by atoms with van der Waals surface area (Å²) in [5.41, 5.74) is 0.966. The van der Waals surface area contributed by atoms with E-state index in [1.807, 2.05) is 0 Å². The van der Waals surface area contributed by atoms with Gasteiger partial charge in [-0.3, -0.25) is 0 Å². The molecule has 2 aromatic rings. The molecule has 1 heterocycles. The molecule has 0 aliphatic rings. The quantitative estimate of drug-likeness (QED) is 0.657. The van der Waals surface area contributed by atoms with E-state index in [-0.39, 0.29) is 4.94 Å². The van der Waals surface area contributed by atoms with Crippen LogP contribution >= 0.6 is 11.3 Å². The number of hydrogen-bond donors (Lipinski definition) is 1. The zero-order valence-electron chi connectivity index (χ0n) is 8.60. The topological polar surface area (TPSA) is 59.7 Å². The third-order valence-electron chi connectivity index (χ3n) is 1.97. The van der Waals surface area contributed by atoms with Gasteiger partial charge in [-0.1, -0.05) is 17.9 Å². The van der Waals surface area contributed by atoms with E-state index < -0.39 is 6.29 Å². The van der Waals surface area contributed by atoms with Crippen LogP contribution in [0.4, 0.5) is 0 Å². The molecule has 0 saturated carbocycles. The highest BCUT2D eigenvalue weighted by atomic mass is 32.1. The molecule has 0 spiro atoms. The molecule has 1 N–H and O–H groups in total. The van der Waals surface area contributed by atoms with Crippen molar-refractivity contribution in [3.8, 4) is 5.75 Å². The maximum absolute atomic E-state index is 11.0. The molecule has 0 amide bonds. The van der Waals surface area contributed by atoms with Crippen LogP contribution in [0.2, 0.25) is 0 Å². The van der Waals surface area contributed by atoms with Gasteiger partial charge in [0.15, 0.2) is 5.58 Å². The lowest BCUT2D eigenvalue weighted by Gasteiger charge is -2.12. The fourth-order valence-corrected chi connectivity index (χ4v) is 1.80. The standard InChI is InChI=1S/C11H10O4S/c1-6(2)10(12)14-7-3-4-9-8(5-7)15-11(13)16-9/h3-5,10,12H,1H2,2H3. The number of benzene rings is 1. The number of hydrogen-bond acceptors (Lipinski definition) is 5. The first-order chi connectivity index (χ1) is 7.56. The first-order valence-electron chi connectivity index (χ1n) is 4.60. The predicted octanol–water partition coefficient (Wildman–Crippen LogP) is 2.13. The van der Waals surface area contributed by atoms with Crippen LogP contribution in [0.1, 0.15) is 6.92 Å². The van der Waals surface area contributed by atoms with E-state index in [1.165, 1.54) is 0 Å². The summed E-state index contributed by atoms with van der Waals surface area (Å²) in [6.07, 6.45) is -1.05. The fraction of sp³-hybridized carbons (Fsp3) is 0.182. The average Bonchev–Trinajstić information content (AvgIpc) is 2.57. The Kier molecular flexibility index (Phi) is 2.80. The van der Waals surface area contributed by atoms with E-state index >= 15 is 0 Å². The Hall–Kier alpha value is -1.59. The molecule has 0 radical (unpaired) electrons. The van der Waals surface area contributed by atoms with Gasteiger partial charge in [-0.25, -0.2) is 4.79 Å². The Labute approximate surface area is 95.4 Å². The molecule has 1 aromatic heterocycles. The van der Waals surface area contributed by atoms with E-state index in [4.69, 9.17) is 9.15 Å². The predicted molar refractivity (Wildman–Crippen MR) is 61.8 cm³/mol. The smallest absolute Gasteiger partial charge is 0.396 e. The second-order valence-electron chi connectivity index (χ2n) is 3.38. The zero-order valence-corrected chi connectivity index (χ0v) is 9.41. The third kappa shape index (κ3) is 2.15. The lowest BCUT2D eigenvalue weighted by Crippen LogP contribution is -2.15. The monoisotopic (exact) mass is 238 g/mol. The van der Waals surface area contributed by atoms with E-state index in [1.54, 1.807) is 25.1 Å². The Morgan fingerprint density at radius 3 is 3.06 bits per heavy atom. The summed E-state index contributed by atoms with van der Waals surface area (Å²) in [6, 6.07) is 4.95. The van der Waals surface area contributed by atoms with Crippen molar-refractivity contribution in [1.29, 1.82) is 0 Å². The normalized spacial score (nSPS) is 12.6. The summed E-state index contributed by atoms with van der Waals surface area (Å²) in [6.45, 7) is 5.23. The summed E-state index contributed by atoms with van der Waals surface area (Å²) in [5.74, 6) is 0.435. The van der Waals surface area contributed by atoms with Gasteiger partial charge >= 0.3 is 4.94 Å². The summed E-state index contributed by atoms with van der Waals surface area (Å²) in [5, 5.41) is 9.45. The van der Waals surface area contributed by atoms with E-state index in [0.29, 0.717) is 16.9 Å². The molecule has 4 nitrogen and oxygen atoms in total. The van der Waals surface area contributed by atoms with Gasteiger partial charge in [0.05, 0.1) is 4.70 Å². The Morgan fingerprint density at radius 1 is 1.62 bits per heavy atom. The fourth-order valence-electron chi connectivity index (χ4n) is 1.16. The molecule has 0 aliphatic heterocycles. The van der Waals surface area contributed by atoms with Gasteiger partial charge in [-0.2, -0.15) is 0 Å². The third-order valence-corrected chi connectivity index (χ3v) is 2.78. The van der Waals surface area contributed by atoms with Crippen LogP contribution < -0.4 is 9.68 Å². The van der Waals surface area contributed by atoms with Gasteiger partial charge in [0.2, 0.25) is 6.29 Å². The van der Waals surface area contributed by atoms with Crippen LogP contribution in [0.3, 0.4) is 0 Å². The molecule has 16 heavy (non-hydrogen) atoms. The molecule has 84 valence electrons. The van der Waals surface area contributed by atoms with Crippen LogP contribution in [-0.2, 0) is 0 Å². The first-order valence-corrected chi connectivity index (χ1v) is 5.42. The van der Waals surface area contributed by atoms with Crippen molar-refractivity contribution in [2.45, 2.75) is 13.2 Å². The number of rotatable bonds is 3. The highest BCUT2D eigenvalue weighted by molar-refractivity contribution is 7.16. The maximum atomic E-state index is 11.0. The molecule has 0 aliphatic carbocycles. The molecule has 2 rings (SSSR count). The number of ether oxygens (including phenoxy) is 1. The largest absolute Gasteiger partial charge is 0.461 e. The van der Waals surface area contributed by atoms with Crippen molar-refractivity contribution in [2.75, 3.05) is 0 Å². The number of aliphatic hydroxyl groups is 1. The van der Waals surface area contributed by atoms with Crippen LogP contribution in [0.5, 0.6) is 5.75 Å². The molecule has 1 unspecified atom stereocenters. The van der Waals surface area contributed by atoms with Crippen LogP contribution in [0.15, 0.2) is 39.6 Å². The van der Waals surface area contributed by atoms with Gasteiger partial charge in [0, 0.05) is 6.07 Å². The van der Waals surface area contributed by atoms with Crippen molar-refractivity contribution in [3.63, 3.8) is 0 Å². The van der Waals surface area contributed by atoms with Gasteiger partial charge in [-0.05, 0) is 24.6 Å². The van der Waals surface area contributed by atoms with Gasteiger partial charge in [0.1, 0.15) is 5.75 Å². The molecule has 0 fully saturated rings. The zero-order chi connectivity index (χ0) is 11.7. The molecule has 0 saturated heterocycles. The van der Waals surface area contributed by atoms with Crippen molar-refractivity contribution in [2.24, 2.45) is 0 Å². The molecule has 1 aromatic carbocycles. The summed E-state index contributed by atoms with van der Waals surface area (Å²) in [4.78, 5) is 10.6. The van der Waals surface area contributed by atoms with Crippen LogP contribution in [0.25, 0.3) is 10.3 Å². The minimum absolute atomic E-state index is 0.354. The lowest BCUT2D eigenvalue weighted by atomic mass is 10.3. The maximum Gasteiger partial charge on any atom is 0.396 e. The summed E-state index contributed by atoms with van der Waals surface area (Å²) >= 11 is 1.03. The van der Waals surface area contributed by atoms with E-state index in [0.717, 1.165) is 16.0 Å². The minimum Gasteiger partial charge on any atom is -0.461 e. The highest BCUT2D eigenvalue weighted by Crippen LogP contribution is 2.23. The highest BCUT2D eigenvalue weighted by Gasteiger charge is 2.08. The average molecular weight is 238 g/mol. The minimum atomic E-state index is -1.05. The summed E-state index contributed by atoms with van der Waals surface area (Å²) in [7, 11) is 0. The Balaban J connectivity index is 2.32. The van der Waals surface area contributed by atoms with E-state index in [9.17, 15) is 9.90 Å². The summed E-state index contributed by atoms with van der Waals surface area (Å²) < 4.78 is 10.9. The lowest BCUT2D eigenvalue weighted by molar-refractivity contribution is 0.0152. The van der Waals surface area contributed by atoms with Crippen molar-refractivity contribution < 1.29 is 14.3 Å². The molecular formula is C11H10O4S. The van der Waals surface area contributed by atoms with Gasteiger partial charge in [0.25, 0.3) is 0 Å². The number of aliphatic hydroxyl groups excluding tert-OH is 1. The molecule has 1 atom stereocenters. The first kappa shape index (κ1) is 10.9. The van der Waals surface area contributed by atoms with Crippen LogP contribution in [0, 0.1) is 0 Å². The van der Waals surface area contributed by atoms with Crippen molar-refractivity contribution in [1.82, 2.24) is 0 Å². The second kappa shape index (κ2) is 4.11. The molecule has 0 bridgehead atoms. The van der Waals surface area contributed by atoms with Gasteiger partial charge in [-0.15, -0.1) is 0 Å². The van der Waals surface area contributed by atoms with Crippen molar-refractivity contribution >= 4 is 21.6 Å². The molecule has 5 heteroatoms. The molecular weight excluding hydrogens is 228 g/mol.